The monoisotopic (exact) mass is 476 g/mol. The van der Waals surface area contributed by atoms with Gasteiger partial charge in [0.1, 0.15) is 17.7 Å². The Morgan fingerprint density at radius 3 is 2.56 bits per heavy atom. The van der Waals surface area contributed by atoms with Crippen LogP contribution in [-0.4, -0.2) is 66.1 Å². The molecular formula is C27H32N4O2S. The Kier molecular flexibility index (Phi) is 7.11. The number of aromatic nitrogens is 1. The maximum Gasteiger partial charge on any atom is 0.264 e. The van der Waals surface area contributed by atoms with Gasteiger partial charge in [0, 0.05) is 64.9 Å². The molecular weight excluding hydrogens is 444 g/mol. The Bertz CT molecular complexity index is 1090. The number of hydrogen-bond acceptors (Lipinski definition) is 6. The second kappa shape index (κ2) is 10.6. The third kappa shape index (κ3) is 5.42. The summed E-state index contributed by atoms with van der Waals surface area (Å²) in [6, 6.07) is 16.6. The minimum absolute atomic E-state index is 0.158. The number of anilines is 1. The van der Waals surface area contributed by atoms with Crippen molar-refractivity contribution >= 4 is 23.1 Å². The van der Waals surface area contributed by atoms with Gasteiger partial charge in [-0.15, -0.1) is 11.3 Å². The van der Waals surface area contributed by atoms with E-state index in [4.69, 9.17) is 4.74 Å². The number of piperazine rings is 1. The van der Waals surface area contributed by atoms with Crippen molar-refractivity contribution in [1.29, 1.82) is 0 Å². The lowest BCUT2D eigenvalue weighted by Crippen LogP contribution is -2.46. The van der Waals surface area contributed by atoms with Crippen LogP contribution in [0, 0.1) is 6.92 Å². The van der Waals surface area contributed by atoms with Gasteiger partial charge in [0.25, 0.3) is 5.91 Å². The normalized spacial score (nSPS) is 17.7. The van der Waals surface area contributed by atoms with E-state index < -0.39 is 0 Å². The van der Waals surface area contributed by atoms with Crippen LogP contribution in [0.3, 0.4) is 0 Å². The Morgan fingerprint density at radius 2 is 1.85 bits per heavy atom. The molecule has 0 atom stereocenters. The van der Waals surface area contributed by atoms with Crippen molar-refractivity contribution < 1.29 is 9.53 Å². The molecule has 6 nitrogen and oxygen atoms in total. The molecule has 2 aromatic heterocycles. The minimum atomic E-state index is 0.158. The van der Waals surface area contributed by atoms with Crippen LogP contribution in [-0.2, 0) is 6.54 Å². The zero-order valence-electron chi connectivity index (χ0n) is 19.7. The summed E-state index contributed by atoms with van der Waals surface area (Å²) in [7, 11) is 0. The Hall–Kier alpha value is -2.90. The number of ether oxygens (including phenoxy) is 1. The summed E-state index contributed by atoms with van der Waals surface area (Å²) in [5.41, 5.74) is 2.35. The molecule has 2 aliphatic heterocycles. The average molecular weight is 477 g/mol. The summed E-state index contributed by atoms with van der Waals surface area (Å²) in [5.74, 6) is 2.16. The third-order valence-electron chi connectivity index (χ3n) is 6.74. The lowest BCUT2D eigenvalue weighted by Gasteiger charge is -2.35. The van der Waals surface area contributed by atoms with E-state index in [9.17, 15) is 4.79 Å². The lowest BCUT2D eigenvalue weighted by molar-refractivity contribution is 0.0599. The molecule has 1 amide bonds. The van der Waals surface area contributed by atoms with Crippen LogP contribution in [0.1, 0.15) is 33.6 Å². The highest BCUT2D eigenvalue weighted by Gasteiger charge is 2.26. The van der Waals surface area contributed by atoms with Crippen LogP contribution in [0.15, 0.2) is 60.1 Å². The standard InChI is InChI=1S/C27H32N4O2S/c1-21-10-18-34-26(21)27(32)31-12-8-23(9-13-31)33-24-6-4-5-22(19-24)20-29-14-16-30(17-15-29)25-7-2-3-11-28-25/h2-7,10-11,18-19,23H,8-9,12-17,20H2,1H3. The predicted octanol–water partition coefficient (Wildman–Crippen LogP) is 4.46. The summed E-state index contributed by atoms with van der Waals surface area (Å²) in [4.78, 5) is 24.9. The van der Waals surface area contributed by atoms with Crippen molar-refractivity contribution in [2.45, 2.75) is 32.4 Å². The van der Waals surface area contributed by atoms with Crippen molar-refractivity contribution in [1.82, 2.24) is 14.8 Å². The van der Waals surface area contributed by atoms with Gasteiger partial charge in [0.2, 0.25) is 0 Å². The molecule has 0 radical (unpaired) electrons. The fraction of sp³-hybridized carbons (Fsp3) is 0.407. The zero-order chi connectivity index (χ0) is 23.3. The fourth-order valence-electron chi connectivity index (χ4n) is 4.76. The average Bonchev–Trinajstić information content (AvgIpc) is 3.31. The van der Waals surface area contributed by atoms with E-state index in [0.717, 1.165) is 80.7 Å². The summed E-state index contributed by atoms with van der Waals surface area (Å²) >= 11 is 1.54. The van der Waals surface area contributed by atoms with E-state index in [2.05, 4.69) is 45.1 Å². The predicted molar refractivity (Wildman–Crippen MR) is 137 cm³/mol. The molecule has 2 aliphatic rings. The smallest absolute Gasteiger partial charge is 0.264 e. The molecule has 0 bridgehead atoms. The Morgan fingerprint density at radius 1 is 1.03 bits per heavy atom. The molecule has 0 N–H and O–H groups in total. The summed E-state index contributed by atoms with van der Waals surface area (Å²) < 4.78 is 6.33. The van der Waals surface area contributed by atoms with Gasteiger partial charge >= 0.3 is 0 Å². The number of pyridine rings is 1. The number of aryl methyl sites for hydroxylation is 1. The number of likely N-dealkylation sites (tertiary alicyclic amines) is 1. The van der Waals surface area contributed by atoms with Crippen LogP contribution in [0.5, 0.6) is 5.75 Å². The Labute approximate surface area is 205 Å². The van der Waals surface area contributed by atoms with E-state index >= 15 is 0 Å². The Balaban J connectivity index is 1.10. The quantitative estimate of drug-likeness (QED) is 0.526. The molecule has 34 heavy (non-hydrogen) atoms. The molecule has 0 unspecified atom stereocenters. The van der Waals surface area contributed by atoms with Crippen molar-refractivity contribution in [3.05, 3.63) is 76.1 Å². The molecule has 7 heteroatoms. The first kappa shape index (κ1) is 22.9. The van der Waals surface area contributed by atoms with Gasteiger partial charge in [-0.2, -0.15) is 0 Å². The number of carbonyl (C=O) groups excluding carboxylic acids is 1. The van der Waals surface area contributed by atoms with E-state index in [1.54, 1.807) is 0 Å². The van der Waals surface area contributed by atoms with Crippen LogP contribution in [0.4, 0.5) is 5.82 Å². The van der Waals surface area contributed by atoms with E-state index in [-0.39, 0.29) is 12.0 Å². The largest absolute Gasteiger partial charge is 0.490 e. The van der Waals surface area contributed by atoms with Crippen LogP contribution in [0.25, 0.3) is 0 Å². The molecule has 3 aromatic rings. The van der Waals surface area contributed by atoms with Gasteiger partial charge in [-0.05, 0) is 53.8 Å². The SMILES string of the molecule is Cc1ccsc1C(=O)N1CCC(Oc2cccc(CN3CCN(c4ccccn4)CC3)c2)CC1. The number of carbonyl (C=O) groups is 1. The van der Waals surface area contributed by atoms with Crippen molar-refractivity contribution in [2.24, 2.45) is 0 Å². The van der Waals surface area contributed by atoms with Crippen molar-refractivity contribution in [2.75, 3.05) is 44.2 Å². The second-order valence-electron chi connectivity index (χ2n) is 9.14. The van der Waals surface area contributed by atoms with Crippen LogP contribution >= 0.6 is 11.3 Å². The number of rotatable bonds is 6. The summed E-state index contributed by atoms with van der Waals surface area (Å²) in [5, 5.41) is 1.99. The number of benzene rings is 1. The summed E-state index contributed by atoms with van der Waals surface area (Å²) in [6.45, 7) is 8.48. The van der Waals surface area contributed by atoms with Gasteiger partial charge in [-0.25, -0.2) is 4.98 Å². The molecule has 1 aromatic carbocycles. The molecule has 4 heterocycles. The maximum atomic E-state index is 12.8. The highest BCUT2D eigenvalue weighted by Crippen LogP contribution is 2.24. The topological polar surface area (TPSA) is 48.9 Å². The first-order chi connectivity index (χ1) is 16.7. The lowest BCUT2D eigenvalue weighted by atomic mass is 10.1. The highest BCUT2D eigenvalue weighted by molar-refractivity contribution is 7.12. The van der Waals surface area contributed by atoms with Gasteiger partial charge in [-0.1, -0.05) is 18.2 Å². The molecule has 178 valence electrons. The van der Waals surface area contributed by atoms with Gasteiger partial charge in [-0.3, -0.25) is 9.69 Å². The molecule has 0 aliphatic carbocycles. The second-order valence-corrected chi connectivity index (χ2v) is 10.1. The number of amides is 1. The van der Waals surface area contributed by atoms with Crippen LogP contribution in [0.2, 0.25) is 0 Å². The number of hydrogen-bond donors (Lipinski definition) is 0. The first-order valence-electron chi connectivity index (χ1n) is 12.1. The number of piperidine rings is 1. The molecule has 2 saturated heterocycles. The number of nitrogens with zero attached hydrogens (tertiary/aromatic N) is 4. The number of thiophene rings is 1. The zero-order valence-corrected chi connectivity index (χ0v) is 20.5. The minimum Gasteiger partial charge on any atom is -0.490 e. The molecule has 0 saturated carbocycles. The van der Waals surface area contributed by atoms with Crippen LogP contribution < -0.4 is 9.64 Å². The molecule has 5 rings (SSSR count). The van der Waals surface area contributed by atoms with E-state index in [1.807, 2.05) is 41.6 Å². The van der Waals surface area contributed by atoms with Crippen molar-refractivity contribution in [3.63, 3.8) is 0 Å². The first-order valence-corrected chi connectivity index (χ1v) is 13.0. The fourth-order valence-corrected chi connectivity index (χ4v) is 5.65. The van der Waals surface area contributed by atoms with E-state index in [1.165, 1.54) is 16.9 Å². The summed E-state index contributed by atoms with van der Waals surface area (Å²) in [6.07, 6.45) is 3.76. The van der Waals surface area contributed by atoms with E-state index in [0.29, 0.717) is 0 Å². The molecule has 2 fully saturated rings. The van der Waals surface area contributed by atoms with Crippen molar-refractivity contribution in [3.8, 4) is 5.75 Å². The van der Waals surface area contributed by atoms with Gasteiger partial charge in [0.05, 0.1) is 4.88 Å². The van der Waals surface area contributed by atoms with Gasteiger partial charge < -0.3 is 14.5 Å². The third-order valence-corrected chi connectivity index (χ3v) is 7.74. The van der Waals surface area contributed by atoms with Gasteiger partial charge in [0.15, 0.2) is 0 Å². The maximum absolute atomic E-state index is 12.8. The highest BCUT2D eigenvalue weighted by atomic mass is 32.1. The molecule has 0 spiro atoms.